The van der Waals surface area contributed by atoms with Crippen molar-refractivity contribution in [2.45, 2.75) is 59.4 Å². The van der Waals surface area contributed by atoms with Crippen molar-refractivity contribution in [3.05, 3.63) is 35.6 Å². The summed E-state index contributed by atoms with van der Waals surface area (Å²) in [6.45, 7) is 11.9. The largest absolute Gasteiger partial charge is 0.361 e. The number of hydrogen-bond donors (Lipinski definition) is 1. The molecule has 0 aromatic carbocycles. The number of nitrogens with one attached hydrogen (secondary N) is 1. The smallest absolute Gasteiger partial charge is 0.0767 e. The molecular weight excluding hydrogens is 232 g/mol. The molecule has 0 aromatic rings. The Kier molecular flexibility index (Phi) is 5.59. The van der Waals surface area contributed by atoms with Gasteiger partial charge < -0.3 is 4.90 Å². The van der Waals surface area contributed by atoms with Crippen LogP contribution in [-0.4, -0.2) is 22.7 Å². The van der Waals surface area contributed by atoms with Gasteiger partial charge in [0, 0.05) is 6.54 Å². The topological polar surface area (TPSA) is 27.1 Å². The molecule has 0 saturated heterocycles. The van der Waals surface area contributed by atoms with Crippen molar-refractivity contribution < 1.29 is 0 Å². The number of allylic oxidation sites excluding steroid dienone is 4. The van der Waals surface area contributed by atoms with Gasteiger partial charge in [-0.2, -0.15) is 0 Å². The van der Waals surface area contributed by atoms with Gasteiger partial charge in [0.05, 0.1) is 16.9 Å². The zero-order valence-corrected chi connectivity index (χ0v) is 13.1. The van der Waals surface area contributed by atoms with Gasteiger partial charge in [-0.1, -0.05) is 32.1 Å². The number of rotatable bonds is 8. The Balaban J connectivity index is 2.99. The molecule has 2 heteroatoms. The van der Waals surface area contributed by atoms with E-state index in [1.54, 1.807) is 0 Å². The van der Waals surface area contributed by atoms with Crippen LogP contribution in [0.15, 0.2) is 35.6 Å². The van der Waals surface area contributed by atoms with Crippen LogP contribution < -0.4 is 0 Å². The van der Waals surface area contributed by atoms with Crippen LogP contribution in [0.3, 0.4) is 0 Å². The highest BCUT2D eigenvalue weighted by molar-refractivity contribution is 6.05. The van der Waals surface area contributed by atoms with E-state index >= 15 is 0 Å². The van der Waals surface area contributed by atoms with E-state index in [9.17, 15) is 0 Å². The molecule has 0 aliphatic heterocycles. The van der Waals surface area contributed by atoms with Crippen molar-refractivity contribution in [2.24, 2.45) is 0 Å². The summed E-state index contributed by atoms with van der Waals surface area (Å²) < 4.78 is 0. The lowest BCUT2D eigenvalue weighted by atomic mass is 9.96. The van der Waals surface area contributed by atoms with Gasteiger partial charge >= 0.3 is 0 Å². The van der Waals surface area contributed by atoms with E-state index < -0.39 is 0 Å². The normalized spacial score (nSPS) is 15.6. The molecule has 2 nitrogen and oxygen atoms in total. The van der Waals surface area contributed by atoms with Gasteiger partial charge in [0.1, 0.15) is 0 Å². The van der Waals surface area contributed by atoms with E-state index in [-0.39, 0.29) is 5.54 Å². The summed E-state index contributed by atoms with van der Waals surface area (Å²) in [7, 11) is 0. The average molecular weight is 260 g/mol. The maximum absolute atomic E-state index is 8.28. The van der Waals surface area contributed by atoms with Crippen LogP contribution in [0.25, 0.3) is 0 Å². The van der Waals surface area contributed by atoms with Crippen molar-refractivity contribution in [1.29, 1.82) is 5.41 Å². The van der Waals surface area contributed by atoms with Crippen LogP contribution in [-0.2, 0) is 0 Å². The molecule has 0 atom stereocenters. The summed E-state index contributed by atoms with van der Waals surface area (Å²) in [5, 5.41) is 8.28. The number of hydrogen-bond acceptors (Lipinski definition) is 2. The molecule has 0 radical (unpaired) electrons. The summed E-state index contributed by atoms with van der Waals surface area (Å²) in [5.74, 6) is 0. The molecule has 19 heavy (non-hydrogen) atoms. The summed E-state index contributed by atoms with van der Waals surface area (Å²) in [6.07, 6.45) is 11.5. The molecule has 0 saturated carbocycles. The molecule has 0 unspecified atom stereocenters. The van der Waals surface area contributed by atoms with Crippen molar-refractivity contribution in [1.82, 2.24) is 4.90 Å². The van der Waals surface area contributed by atoms with Crippen LogP contribution in [0, 0.1) is 5.41 Å². The van der Waals surface area contributed by atoms with Crippen molar-refractivity contribution >= 4 is 5.71 Å². The quantitative estimate of drug-likeness (QED) is 0.497. The Hall–Kier alpha value is -1.31. The van der Waals surface area contributed by atoms with Gasteiger partial charge in [-0.3, -0.25) is 5.41 Å². The molecule has 0 bridgehead atoms. The zero-order chi connectivity index (χ0) is 14.5. The Bertz CT molecular complexity index is 411. The fraction of sp³-hybridized carbons (Fsp3) is 0.588. The Morgan fingerprint density at radius 1 is 1.42 bits per heavy atom. The van der Waals surface area contributed by atoms with Crippen LogP contribution in [0.4, 0.5) is 0 Å². The third kappa shape index (κ3) is 3.82. The highest BCUT2D eigenvalue weighted by Crippen LogP contribution is 2.38. The molecule has 0 fully saturated rings. The zero-order valence-electron chi connectivity index (χ0n) is 13.1. The summed E-state index contributed by atoms with van der Waals surface area (Å²) >= 11 is 0. The lowest BCUT2D eigenvalue weighted by Crippen LogP contribution is -2.45. The molecule has 1 aliphatic carbocycles. The first-order valence-corrected chi connectivity index (χ1v) is 7.37. The maximum atomic E-state index is 8.28. The van der Waals surface area contributed by atoms with Gasteiger partial charge in [0.2, 0.25) is 0 Å². The maximum Gasteiger partial charge on any atom is 0.0767 e. The van der Waals surface area contributed by atoms with E-state index in [2.05, 4.69) is 50.8 Å². The molecule has 1 rings (SSSR count). The van der Waals surface area contributed by atoms with Crippen molar-refractivity contribution in [3.8, 4) is 0 Å². The van der Waals surface area contributed by atoms with Crippen LogP contribution in [0.2, 0.25) is 0 Å². The predicted molar refractivity (Wildman–Crippen MR) is 84.7 cm³/mol. The molecule has 1 aliphatic rings. The van der Waals surface area contributed by atoms with Crippen LogP contribution >= 0.6 is 0 Å². The fourth-order valence-corrected chi connectivity index (χ4v) is 2.43. The van der Waals surface area contributed by atoms with Crippen molar-refractivity contribution in [2.75, 3.05) is 6.54 Å². The summed E-state index contributed by atoms with van der Waals surface area (Å²) in [4.78, 5) is 2.38. The van der Waals surface area contributed by atoms with Crippen molar-refractivity contribution in [3.63, 3.8) is 0 Å². The lowest BCUT2D eigenvalue weighted by Gasteiger charge is -2.41. The Labute approximate surface area is 118 Å². The minimum absolute atomic E-state index is 0.0320. The third-order valence-electron chi connectivity index (χ3n) is 3.68. The van der Waals surface area contributed by atoms with Gasteiger partial charge in [-0.25, -0.2) is 0 Å². The minimum Gasteiger partial charge on any atom is -0.361 e. The highest BCUT2D eigenvalue weighted by Gasteiger charge is 2.35. The van der Waals surface area contributed by atoms with E-state index in [1.165, 1.54) is 5.57 Å². The molecule has 0 aromatic heterocycles. The molecule has 0 amide bonds. The van der Waals surface area contributed by atoms with Gasteiger partial charge in [-0.15, -0.1) is 0 Å². The lowest BCUT2D eigenvalue weighted by molar-refractivity contribution is 0.217. The predicted octanol–water partition coefficient (Wildman–Crippen LogP) is 4.70. The summed E-state index contributed by atoms with van der Waals surface area (Å²) in [6, 6.07) is 0. The SMILES string of the molecule is C/C=C(\C(=N)/C=C\CC)N(CCC)C(C)(C)C1=CC1. The molecule has 0 spiro atoms. The first-order valence-electron chi connectivity index (χ1n) is 7.37. The van der Waals surface area contributed by atoms with E-state index in [1.807, 2.05) is 13.0 Å². The second-order valence-corrected chi connectivity index (χ2v) is 5.54. The first kappa shape index (κ1) is 15.7. The van der Waals surface area contributed by atoms with E-state index in [0.717, 1.165) is 31.5 Å². The average Bonchev–Trinajstić information content (AvgIpc) is 3.20. The van der Waals surface area contributed by atoms with Crippen LogP contribution in [0.1, 0.15) is 53.9 Å². The fourth-order valence-electron chi connectivity index (χ4n) is 2.43. The third-order valence-corrected chi connectivity index (χ3v) is 3.68. The second-order valence-electron chi connectivity index (χ2n) is 5.54. The molecule has 0 heterocycles. The molecule has 1 N–H and O–H groups in total. The van der Waals surface area contributed by atoms with E-state index in [0.29, 0.717) is 5.71 Å². The van der Waals surface area contributed by atoms with Crippen LogP contribution in [0.5, 0.6) is 0 Å². The second kappa shape index (κ2) is 6.74. The molecule has 106 valence electrons. The number of nitrogens with zero attached hydrogens (tertiary/aromatic N) is 1. The first-order chi connectivity index (χ1) is 8.98. The summed E-state index contributed by atoms with van der Waals surface area (Å²) in [5.41, 5.74) is 3.19. The standard InChI is InChI=1S/C17H28N2/c1-6-9-10-15(18)16(8-3)19(13-7-2)17(4,5)14-11-12-14/h8-11,18H,6-7,12-13H2,1-5H3/b10-9-,16-8+,18-15?. The Morgan fingerprint density at radius 2 is 2.05 bits per heavy atom. The Morgan fingerprint density at radius 3 is 2.47 bits per heavy atom. The highest BCUT2D eigenvalue weighted by atomic mass is 15.2. The van der Waals surface area contributed by atoms with Gasteiger partial charge in [0.25, 0.3) is 0 Å². The molecular formula is C17H28N2. The minimum atomic E-state index is 0.0320. The monoisotopic (exact) mass is 260 g/mol. The van der Waals surface area contributed by atoms with Gasteiger partial charge in [0.15, 0.2) is 0 Å². The van der Waals surface area contributed by atoms with E-state index in [4.69, 9.17) is 5.41 Å². The van der Waals surface area contributed by atoms with Gasteiger partial charge in [-0.05, 0) is 51.7 Å².